The van der Waals surface area contributed by atoms with Gasteiger partial charge in [0.25, 0.3) is 0 Å². The van der Waals surface area contributed by atoms with E-state index in [-0.39, 0.29) is 6.09 Å². The number of carbonyl (C=O) groups excluding carboxylic acids is 1. The maximum Gasteiger partial charge on any atom is 0.425 e. The minimum atomic E-state index is -0.499. The van der Waals surface area contributed by atoms with E-state index in [1.165, 1.54) is 0 Å². The van der Waals surface area contributed by atoms with Crippen LogP contribution in [0.2, 0.25) is 0 Å². The van der Waals surface area contributed by atoms with Crippen molar-refractivity contribution in [3.8, 4) is 0 Å². The molecule has 4 nitrogen and oxygen atoms in total. The first kappa shape index (κ1) is 11.8. The third-order valence-corrected chi connectivity index (χ3v) is 2.72. The molecule has 15 heavy (non-hydrogen) atoms. The Morgan fingerprint density at radius 2 is 2.13 bits per heavy atom. The smallest absolute Gasteiger partial charge is 0.425 e. The minimum Gasteiger partial charge on any atom is -0.449 e. The van der Waals surface area contributed by atoms with Gasteiger partial charge < -0.3 is 4.74 Å². The first-order valence-electron chi connectivity index (χ1n) is 5.06. The molecule has 0 aromatic carbocycles. The lowest BCUT2D eigenvalue weighted by molar-refractivity contribution is 0.00312. The van der Waals surface area contributed by atoms with Gasteiger partial charge in [0.1, 0.15) is 0 Å². The molecule has 0 aromatic heterocycles. The summed E-state index contributed by atoms with van der Waals surface area (Å²) in [5.41, 5.74) is -0.499. The minimum absolute atomic E-state index is 0.350. The van der Waals surface area contributed by atoms with Crippen LogP contribution in [0.4, 0.5) is 4.79 Å². The number of carbonyl (C=O) groups is 1. The normalized spacial score (nSPS) is 20.0. The second-order valence-electron chi connectivity index (χ2n) is 3.54. The average Bonchev–Trinajstić information content (AvgIpc) is 2.56. The van der Waals surface area contributed by atoms with E-state index in [2.05, 4.69) is 13.2 Å². The Kier molecular flexibility index (Phi) is 3.52. The number of amides is 1. The molecular formula is C11H18N2O2. The fraction of sp³-hybridized carbons (Fsp3) is 0.545. The van der Waals surface area contributed by atoms with Crippen molar-refractivity contribution in [3.05, 3.63) is 25.3 Å². The van der Waals surface area contributed by atoms with Crippen LogP contribution in [-0.4, -0.2) is 41.8 Å². The van der Waals surface area contributed by atoms with Gasteiger partial charge in [-0.2, -0.15) is 0 Å². The highest BCUT2D eigenvalue weighted by atomic mass is 16.6. The summed E-state index contributed by atoms with van der Waals surface area (Å²) in [5.74, 6) is 0. The van der Waals surface area contributed by atoms with E-state index in [1.807, 2.05) is 12.1 Å². The number of hydrazine groups is 1. The lowest BCUT2D eigenvalue weighted by Crippen LogP contribution is -2.50. The zero-order chi connectivity index (χ0) is 11.5. The highest BCUT2D eigenvalue weighted by molar-refractivity contribution is 5.69. The molecule has 0 radical (unpaired) electrons. The van der Waals surface area contributed by atoms with E-state index < -0.39 is 5.54 Å². The van der Waals surface area contributed by atoms with Gasteiger partial charge in [-0.05, 0) is 13.3 Å². The molecule has 1 aliphatic heterocycles. The van der Waals surface area contributed by atoms with E-state index in [0.29, 0.717) is 6.61 Å². The molecule has 0 aliphatic carbocycles. The molecule has 1 heterocycles. The van der Waals surface area contributed by atoms with Crippen LogP contribution in [0.15, 0.2) is 25.3 Å². The maximum absolute atomic E-state index is 11.8. The van der Waals surface area contributed by atoms with Gasteiger partial charge in [0, 0.05) is 13.6 Å². The highest BCUT2D eigenvalue weighted by Gasteiger charge is 2.43. The van der Waals surface area contributed by atoms with Crippen molar-refractivity contribution in [1.29, 1.82) is 0 Å². The molecule has 84 valence electrons. The SMILES string of the molecule is C=CC1(C=C)CCN(C)N1C(=O)OCC. The predicted molar refractivity (Wildman–Crippen MR) is 59.2 cm³/mol. The Balaban J connectivity index is 2.94. The molecule has 0 saturated carbocycles. The lowest BCUT2D eigenvalue weighted by atomic mass is 9.97. The van der Waals surface area contributed by atoms with Gasteiger partial charge in [0.05, 0.1) is 12.1 Å². The van der Waals surface area contributed by atoms with Crippen LogP contribution in [0.25, 0.3) is 0 Å². The van der Waals surface area contributed by atoms with E-state index in [1.54, 1.807) is 24.1 Å². The van der Waals surface area contributed by atoms with Gasteiger partial charge in [0.2, 0.25) is 0 Å². The van der Waals surface area contributed by atoms with E-state index in [4.69, 9.17) is 4.74 Å². The predicted octanol–water partition coefficient (Wildman–Crippen LogP) is 1.81. The summed E-state index contributed by atoms with van der Waals surface area (Å²) in [4.78, 5) is 11.8. The summed E-state index contributed by atoms with van der Waals surface area (Å²) in [6.07, 6.45) is 3.92. The third kappa shape index (κ3) is 1.90. The van der Waals surface area contributed by atoms with Crippen LogP contribution in [0.1, 0.15) is 13.3 Å². The zero-order valence-corrected chi connectivity index (χ0v) is 9.40. The van der Waals surface area contributed by atoms with E-state index >= 15 is 0 Å². The van der Waals surface area contributed by atoms with Gasteiger partial charge in [0.15, 0.2) is 0 Å². The van der Waals surface area contributed by atoms with Crippen molar-refractivity contribution in [2.45, 2.75) is 18.9 Å². The van der Waals surface area contributed by atoms with Crippen LogP contribution in [0, 0.1) is 0 Å². The quantitative estimate of drug-likeness (QED) is 0.666. The number of hydrogen-bond acceptors (Lipinski definition) is 3. The van der Waals surface area contributed by atoms with Crippen LogP contribution in [0.3, 0.4) is 0 Å². The summed E-state index contributed by atoms with van der Waals surface area (Å²) in [5, 5.41) is 3.40. The summed E-state index contributed by atoms with van der Waals surface area (Å²) in [7, 11) is 1.85. The fourth-order valence-electron chi connectivity index (χ4n) is 1.82. The molecule has 1 amide bonds. The first-order valence-corrected chi connectivity index (χ1v) is 5.06. The molecule has 1 rings (SSSR count). The van der Waals surface area contributed by atoms with Gasteiger partial charge in [-0.25, -0.2) is 14.8 Å². The Hall–Kier alpha value is -1.29. The summed E-state index contributed by atoms with van der Waals surface area (Å²) < 4.78 is 5.00. The molecule has 1 aliphatic rings. The molecule has 0 aromatic rings. The van der Waals surface area contributed by atoms with E-state index in [0.717, 1.165) is 13.0 Å². The Labute approximate surface area is 90.8 Å². The van der Waals surface area contributed by atoms with Crippen LogP contribution < -0.4 is 0 Å². The summed E-state index contributed by atoms with van der Waals surface area (Å²) in [6.45, 7) is 10.5. The number of ether oxygens (including phenoxy) is 1. The maximum atomic E-state index is 11.8. The largest absolute Gasteiger partial charge is 0.449 e. The molecule has 0 bridgehead atoms. The van der Waals surface area contributed by atoms with Crippen molar-refractivity contribution in [1.82, 2.24) is 10.0 Å². The molecule has 0 unspecified atom stereocenters. The van der Waals surface area contributed by atoms with Gasteiger partial charge >= 0.3 is 6.09 Å². The molecule has 1 fully saturated rings. The van der Waals surface area contributed by atoms with Gasteiger partial charge in [-0.15, -0.1) is 13.2 Å². The highest BCUT2D eigenvalue weighted by Crippen LogP contribution is 2.31. The first-order chi connectivity index (χ1) is 7.11. The third-order valence-electron chi connectivity index (χ3n) is 2.72. The standard InChI is InChI=1S/C11H18N2O2/c1-5-11(6-2)8-9-12(4)13(11)10(14)15-7-3/h5-6H,1-2,7-9H2,3-4H3. The Morgan fingerprint density at radius 3 is 2.60 bits per heavy atom. The van der Waals surface area contributed by atoms with Gasteiger partial charge in [-0.1, -0.05) is 12.2 Å². The lowest BCUT2D eigenvalue weighted by Gasteiger charge is -2.34. The average molecular weight is 210 g/mol. The molecule has 0 N–H and O–H groups in total. The topological polar surface area (TPSA) is 32.8 Å². The van der Waals surface area contributed by atoms with Crippen LogP contribution in [0.5, 0.6) is 0 Å². The van der Waals surface area contributed by atoms with Crippen molar-refractivity contribution in [2.75, 3.05) is 20.2 Å². The summed E-state index contributed by atoms with van der Waals surface area (Å²) in [6, 6.07) is 0. The van der Waals surface area contributed by atoms with Crippen molar-refractivity contribution in [2.24, 2.45) is 0 Å². The fourth-order valence-corrected chi connectivity index (χ4v) is 1.82. The molecule has 1 saturated heterocycles. The molecule has 0 spiro atoms. The zero-order valence-electron chi connectivity index (χ0n) is 9.40. The molecule has 0 atom stereocenters. The van der Waals surface area contributed by atoms with Crippen molar-refractivity contribution >= 4 is 6.09 Å². The second kappa shape index (κ2) is 4.49. The van der Waals surface area contributed by atoms with Crippen LogP contribution >= 0.6 is 0 Å². The van der Waals surface area contributed by atoms with Crippen LogP contribution in [-0.2, 0) is 4.74 Å². The number of rotatable bonds is 3. The monoisotopic (exact) mass is 210 g/mol. The molecular weight excluding hydrogens is 192 g/mol. The molecule has 4 heteroatoms. The van der Waals surface area contributed by atoms with Crippen molar-refractivity contribution in [3.63, 3.8) is 0 Å². The Morgan fingerprint density at radius 1 is 1.53 bits per heavy atom. The number of nitrogens with zero attached hydrogens (tertiary/aromatic N) is 2. The second-order valence-corrected chi connectivity index (χ2v) is 3.54. The Bertz CT molecular complexity index is 268. The van der Waals surface area contributed by atoms with E-state index in [9.17, 15) is 4.79 Å². The number of hydrogen-bond donors (Lipinski definition) is 0. The van der Waals surface area contributed by atoms with Crippen molar-refractivity contribution < 1.29 is 9.53 Å². The van der Waals surface area contributed by atoms with Gasteiger partial charge in [-0.3, -0.25) is 0 Å². The summed E-state index contributed by atoms with van der Waals surface area (Å²) >= 11 is 0.